The lowest BCUT2D eigenvalue weighted by Gasteiger charge is -2.33. The van der Waals surface area contributed by atoms with E-state index in [1.165, 1.54) is 10.4 Å². The number of piperidine rings is 1. The molecule has 3 rings (SSSR count). The molecule has 164 valence electrons. The standard InChI is InChI=1S/C22H31N3O3S2/c1-15-12-20(29-14-15)17-6-7-19(16(2)13-17)23-21(26)25-10-8-18(9-11-25)24-30(27,28)22(3,4)5/h6-7,12-14,18,24H,8-11H2,1-5H3,(H,23,26). The quantitative estimate of drug-likeness (QED) is 0.707. The molecule has 2 heterocycles. The molecule has 2 amide bonds. The van der Waals surface area contributed by atoms with Gasteiger partial charge in [-0.25, -0.2) is 17.9 Å². The van der Waals surface area contributed by atoms with Crippen molar-refractivity contribution >= 4 is 33.1 Å². The van der Waals surface area contributed by atoms with Crippen molar-refractivity contribution in [3.63, 3.8) is 0 Å². The highest BCUT2D eigenvalue weighted by Crippen LogP contribution is 2.30. The van der Waals surface area contributed by atoms with Crippen molar-refractivity contribution in [3.8, 4) is 10.4 Å². The number of rotatable bonds is 4. The van der Waals surface area contributed by atoms with E-state index in [4.69, 9.17) is 0 Å². The molecule has 1 aromatic carbocycles. The molecule has 6 nitrogen and oxygen atoms in total. The van der Waals surface area contributed by atoms with Gasteiger partial charge in [0.05, 0.1) is 4.75 Å². The number of nitrogens with zero attached hydrogens (tertiary/aromatic N) is 1. The lowest BCUT2D eigenvalue weighted by atomic mass is 10.1. The molecule has 0 saturated carbocycles. The first kappa shape index (κ1) is 22.8. The number of carbonyl (C=O) groups is 1. The van der Waals surface area contributed by atoms with Gasteiger partial charge >= 0.3 is 6.03 Å². The third kappa shape index (κ3) is 5.22. The molecule has 0 atom stereocenters. The molecule has 1 aliphatic rings. The van der Waals surface area contributed by atoms with Crippen LogP contribution in [0, 0.1) is 13.8 Å². The molecule has 1 aliphatic heterocycles. The number of benzene rings is 1. The number of thiophene rings is 1. The van der Waals surface area contributed by atoms with Crippen LogP contribution >= 0.6 is 11.3 Å². The first-order chi connectivity index (χ1) is 14.0. The smallest absolute Gasteiger partial charge is 0.321 e. The fourth-order valence-corrected chi connectivity index (χ4v) is 5.26. The molecule has 30 heavy (non-hydrogen) atoms. The van der Waals surface area contributed by atoms with E-state index in [1.807, 2.05) is 19.1 Å². The summed E-state index contributed by atoms with van der Waals surface area (Å²) >= 11 is 1.71. The highest BCUT2D eigenvalue weighted by molar-refractivity contribution is 7.90. The Labute approximate surface area is 183 Å². The molecule has 2 aromatic rings. The van der Waals surface area contributed by atoms with Gasteiger partial charge in [0.25, 0.3) is 0 Å². The van der Waals surface area contributed by atoms with E-state index in [0.717, 1.165) is 16.8 Å². The van der Waals surface area contributed by atoms with Gasteiger partial charge in [-0.15, -0.1) is 11.3 Å². The summed E-state index contributed by atoms with van der Waals surface area (Å²) in [5.41, 5.74) is 4.21. The molecule has 0 radical (unpaired) electrons. The van der Waals surface area contributed by atoms with Crippen molar-refractivity contribution in [2.24, 2.45) is 0 Å². The monoisotopic (exact) mass is 449 g/mol. The van der Waals surface area contributed by atoms with Crippen molar-refractivity contribution in [3.05, 3.63) is 40.8 Å². The maximum Gasteiger partial charge on any atom is 0.321 e. The van der Waals surface area contributed by atoms with Crippen molar-refractivity contribution in [2.45, 2.75) is 58.2 Å². The molecule has 1 aromatic heterocycles. The summed E-state index contributed by atoms with van der Waals surface area (Å²) < 4.78 is 26.6. The van der Waals surface area contributed by atoms with Crippen LogP contribution in [0.1, 0.15) is 44.7 Å². The Morgan fingerprint density at radius 3 is 2.33 bits per heavy atom. The van der Waals surface area contributed by atoms with E-state index >= 15 is 0 Å². The van der Waals surface area contributed by atoms with Crippen molar-refractivity contribution < 1.29 is 13.2 Å². The van der Waals surface area contributed by atoms with Crippen molar-refractivity contribution in [1.29, 1.82) is 0 Å². The Hall–Kier alpha value is -1.90. The topological polar surface area (TPSA) is 78.5 Å². The van der Waals surface area contributed by atoms with Crippen LogP contribution in [-0.4, -0.2) is 43.2 Å². The fraction of sp³-hybridized carbons (Fsp3) is 0.500. The second-order valence-electron chi connectivity index (χ2n) is 8.94. The minimum absolute atomic E-state index is 0.131. The van der Waals surface area contributed by atoms with Gasteiger partial charge in [0.1, 0.15) is 0 Å². The van der Waals surface area contributed by atoms with Crippen LogP contribution in [0.15, 0.2) is 29.6 Å². The normalized spacial score (nSPS) is 16.0. The zero-order chi connectivity index (χ0) is 22.1. The largest absolute Gasteiger partial charge is 0.324 e. The number of amides is 2. The lowest BCUT2D eigenvalue weighted by Crippen LogP contribution is -2.50. The van der Waals surface area contributed by atoms with Gasteiger partial charge in [0.15, 0.2) is 0 Å². The Morgan fingerprint density at radius 2 is 1.80 bits per heavy atom. The van der Waals surface area contributed by atoms with Gasteiger partial charge in [0.2, 0.25) is 10.0 Å². The summed E-state index contributed by atoms with van der Waals surface area (Å²) in [4.78, 5) is 15.7. The Balaban J connectivity index is 1.57. The summed E-state index contributed by atoms with van der Waals surface area (Å²) in [6.07, 6.45) is 1.22. The summed E-state index contributed by atoms with van der Waals surface area (Å²) in [5, 5.41) is 5.13. The molecule has 0 spiro atoms. The van der Waals surface area contributed by atoms with Crippen molar-refractivity contribution in [2.75, 3.05) is 18.4 Å². The van der Waals surface area contributed by atoms with E-state index in [9.17, 15) is 13.2 Å². The predicted molar refractivity (Wildman–Crippen MR) is 125 cm³/mol. The number of likely N-dealkylation sites (tertiary alicyclic amines) is 1. The van der Waals surface area contributed by atoms with Crippen molar-refractivity contribution in [1.82, 2.24) is 9.62 Å². The third-order valence-electron chi connectivity index (χ3n) is 5.39. The van der Waals surface area contributed by atoms with Crippen LogP contribution < -0.4 is 10.0 Å². The first-order valence-electron chi connectivity index (χ1n) is 10.2. The van der Waals surface area contributed by atoms with E-state index in [1.54, 1.807) is 37.0 Å². The number of hydrogen-bond acceptors (Lipinski definition) is 4. The summed E-state index contributed by atoms with van der Waals surface area (Å²) in [5.74, 6) is 0. The van der Waals surface area contributed by atoms with Crippen LogP contribution in [0.3, 0.4) is 0 Å². The summed E-state index contributed by atoms with van der Waals surface area (Å²) in [7, 11) is -3.38. The van der Waals surface area contributed by atoms with Crippen LogP contribution in [-0.2, 0) is 10.0 Å². The van der Waals surface area contributed by atoms with E-state index < -0.39 is 14.8 Å². The minimum atomic E-state index is -3.38. The Kier molecular flexibility index (Phi) is 6.60. The van der Waals surface area contributed by atoms with Gasteiger partial charge in [0, 0.05) is 29.7 Å². The van der Waals surface area contributed by atoms with Gasteiger partial charge < -0.3 is 10.2 Å². The predicted octanol–water partition coefficient (Wildman–Crippen LogP) is 4.75. The van der Waals surface area contributed by atoms with E-state index in [2.05, 4.69) is 34.5 Å². The summed E-state index contributed by atoms with van der Waals surface area (Å²) in [6.45, 7) is 10.2. The maximum atomic E-state index is 12.7. The number of hydrogen-bond donors (Lipinski definition) is 2. The average molecular weight is 450 g/mol. The number of urea groups is 1. The van der Waals surface area contributed by atoms with Crippen LogP contribution in [0.5, 0.6) is 0 Å². The highest BCUT2D eigenvalue weighted by Gasteiger charge is 2.33. The molecule has 0 bridgehead atoms. The molecule has 8 heteroatoms. The molecule has 1 fully saturated rings. The Bertz CT molecular complexity index is 1010. The van der Waals surface area contributed by atoms with Gasteiger partial charge in [-0.1, -0.05) is 6.07 Å². The first-order valence-corrected chi connectivity index (χ1v) is 12.6. The van der Waals surface area contributed by atoms with Crippen LogP contribution in [0.4, 0.5) is 10.5 Å². The fourth-order valence-electron chi connectivity index (χ4n) is 3.33. The highest BCUT2D eigenvalue weighted by atomic mass is 32.2. The number of nitrogens with one attached hydrogen (secondary N) is 2. The molecule has 0 aliphatic carbocycles. The SMILES string of the molecule is Cc1csc(-c2ccc(NC(=O)N3CCC(NS(=O)(=O)C(C)(C)C)CC3)c(C)c2)c1. The molecule has 0 unspecified atom stereocenters. The molecular formula is C22H31N3O3S2. The van der Waals surface area contributed by atoms with E-state index in [0.29, 0.717) is 25.9 Å². The second-order valence-corrected chi connectivity index (χ2v) is 12.3. The van der Waals surface area contributed by atoms with Crippen LogP contribution in [0.25, 0.3) is 10.4 Å². The zero-order valence-electron chi connectivity index (χ0n) is 18.3. The van der Waals surface area contributed by atoms with E-state index in [-0.39, 0.29) is 12.1 Å². The molecular weight excluding hydrogens is 418 g/mol. The average Bonchev–Trinajstić information content (AvgIpc) is 3.09. The number of aryl methyl sites for hydroxylation is 2. The summed E-state index contributed by atoms with van der Waals surface area (Å²) in [6, 6.07) is 7.95. The zero-order valence-corrected chi connectivity index (χ0v) is 19.9. The third-order valence-corrected chi connectivity index (χ3v) is 8.75. The van der Waals surface area contributed by atoms with Gasteiger partial charge in [-0.2, -0.15) is 0 Å². The Morgan fingerprint density at radius 1 is 1.13 bits per heavy atom. The molecule has 2 N–H and O–H groups in total. The number of carbonyl (C=O) groups excluding carboxylic acids is 1. The van der Waals surface area contributed by atoms with Crippen LogP contribution in [0.2, 0.25) is 0 Å². The van der Waals surface area contributed by atoms with Gasteiger partial charge in [-0.3, -0.25) is 0 Å². The van der Waals surface area contributed by atoms with Gasteiger partial charge in [-0.05, 0) is 87.7 Å². The second kappa shape index (κ2) is 8.69. The lowest BCUT2D eigenvalue weighted by molar-refractivity contribution is 0.193. The molecule has 1 saturated heterocycles. The minimum Gasteiger partial charge on any atom is -0.324 e. The number of anilines is 1. The number of sulfonamides is 1. The maximum absolute atomic E-state index is 12.7.